The third-order valence-corrected chi connectivity index (χ3v) is 3.28. The van der Waals surface area contributed by atoms with E-state index in [1.165, 1.54) is 5.56 Å². The van der Waals surface area contributed by atoms with Crippen LogP contribution in [0.25, 0.3) is 0 Å². The van der Waals surface area contributed by atoms with Gasteiger partial charge >= 0.3 is 0 Å². The molecule has 1 fully saturated rings. The van der Waals surface area contributed by atoms with Gasteiger partial charge in [-0.05, 0) is 17.7 Å². The van der Waals surface area contributed by atoms with Gasteiger partial charge in [-0.25, -0.2) is 0 Å². The molecule has 1 aliphatic rings. The molecule has 1 aromatic rings. The van der Waals surface area contributed by atoms with Crippen molar-refractivity contribution in [3.05, 3.63) is 34.3 Å². The Morgan fingerprint density at radius 1 is 1.36 bits per heavy atom. The van der Waals surface area contributed by atoms with E-state index in [4.69, 9.17) is 9.47 Å². The van der Waals surface area contributed by atoms with Gasteiger partial charge in [-0.2, -0.15) is 0 Å². The Bertz CT molecular complexity index is 302. The summed E-state index contributed by atoms with van der Waals surface area (Å²) >= 11 is 3.42. The van der Waals surface area contributed by atoms with Crippen molar-refractivity contribution in [2.24, 2.45) is 0 Å². The molecular weight excluding hydrogens is 244 g/mol. The van der Waals surface area contributed by atoms with Gasteiger partial charge in [-0.1, -0.05) is 28.1 Å². The lowest BCUT2D eigenvalue weighted by Gasteiger charge is -2.26. The summed E-state index contributed by atoms with van der Waals surface area (Å²) in [6, 6.07) is 8.24. The van der Waals surface area contributed by atoms with E-state index in [9.17, 15) is 0 Å². The summed E-state index contributed by atoms with van der Waals surface area (Å²) in [7, 11) is 1.75. The van der Waals surface area contributed by atoms with Gasteiger partial charge in [-0.15, -0.1) is 0 Å². The number of benzene rings is 1. The minimum Gasteiger partial charge on any atom is -0.378 e. The van der Waals surface area contributed by atoms with Crippen molar-refractivity contribution in [1.82, 2.24) is 0 Å². The Balaban J connectivity index is 2.31. The fourth-order valence-corrected chi connectivity index (χ4v) is 2.07. The van der Waals surface area contributed by atoms with Gasteiger partial charge in [0.1, 0.15) is 5.60 Å². The van der Waals surface area contributed by atoms with E-state index < -0.39 is 0 Å². The molecule has 14 heavy (non-hydrogen) atoms. The van der Waals surface area contributed by atoms with Crippen LogP contribution in [0.1, 0.15) is 12.0 Å². The molecule has 1 heterocycles. The molecule has 2 nitrogen and oxygen atoms in total. The van der Waals surface area contributed by atoms with Gasteiger partial charge in [0.05, 0.1) is 6.61 Å². The van der Waals surface area contributed by atoms with Crippen LogP contribution in [-0.4, -0.2) is 20.3 Å². The van der Waals surface area contributed by atoms with Crippen LogP contribution < -0.4 is 0 Å². The quantitative estimate of drug-likeness (QED) is 0.811. The minimum atomic E-state index is -0.222. The lowest BCUT2D eigenvalue weighted by molar-refractivity contribution is -0.0213. The fraction of sp³-hybridized carbons (Fsp3) is 0.455. The second-order valence-corrected chi connectivity index (χ2v) is 4.42. The number of methoxy groups -OCH3 is 1. The van der Waals surface area contributed by atoms with E-state index in [1.807, 2.05) is 12.1 Å². The topological polar surface area (TPSA) is 18.5 Å². The summed E-state index contributed by atoms with van der Waals surface area (Å²) in [6.07, 6.45) is 0.936. The van der Waals surface area contributed by atoms with Gasteiger partial charge in [0.15, 0.2) is 0 Å². The average Bonchev–Trinajstić information content (AvgIpc) is 2.68. The smallest absolute Gasteiger partial charge is 0.118 e. The van der Waals surface area contributed by atoms with Crippen LogP contribution in [0.2, 0.25) is 0 Å². The van der Waals surface area contributed by atoms with Crippen LogP contribution >= 0.6 is 15.9 Å². The highest BCUT2D eigenvalue weighted by molar-refractivity contribution is 9.10. The Hall–Kier alpha value is -0.380. The molecule has 3 heteroatoms. The van der Waals surface area contributed by atoms with Crippen LogP contribution in [0.5, 0.6) is 0 Å². The molecular formula is C11H13BrO2. The van der Waals surface area contributed by atoms with E-state index in [1.54, 1.807) is 7.11 Å². The van der Waals surface area contributed by atoms with E-state index in [2.05, 4.69) is 28.1 Å². The van der Waals surface area contributed by atoms with Crippen LogP contribution in [0.3, 0.4) is 0 Å². The molecule has 1 saturated heterocycles. The van der Waals surface area contributed by atoms with Crippen molar-refractivity contribution in [1.29, 1.82) is 0 Å². The van der Waals surface area contributed by atoms with Gasteiger partial charge in [0, 0.05) is 24.6 Å². The SMILES string of the molecule is COC1(c2ccc(Br)cc2)CCOC1. The van der Waals surface area contributed by atoms with E-state index in [-0.39, 0.29) is 5.60 Å². The predicted molar refractivity (Wildman–Crippen MR) is 58.3 cm³/mol. The predicted octanol–water partition coefficient (Wildman–Crippen LogP) is 2.71. The molecule has 0 aliphatic carbocycles. The second kappa shape index (κ2) is 4.01. The molecule has 0 radical (unpaired) electrons. The summed E-state index contributed by atoms with van der Waals surface area (Å²) in [5.74, 6) is 0. The van der Waals surface area contributed by atoms with E-state index >= 15 is 0 Å². The molecule has 0 aromatic heterocycles. The molecule has 0 saturated carbocycles. The zero-order chi connectivity index (χ0) is 10.0. The number of hydrogen-bond donors (Lipinski definition) is 0. The molecule has 1 aromatic carbocycles. The van der Waals surface area contributed by atoms with Gasteiger partial charge in [-0.3, -0.25) is 0 Å². The lowest BCUT2D eigenvalue weighted by atomic mass is 9.93. The van der Waals surface area contributed by atoms with Gasteiger partial charge in [0.2, 0.25) is 0 Å². The molecule has 0 N–H and O–H groups in total. The largest absolute Gasteiger partial charge is 0.378 e. The Labute approximate surface area is 92.3 Å². The first kappa shape index (κ1) is 10.1. The summed E-state index contributed by atoms with van der Waals surface area (Å²) in [6.45, 7) is 1.44. The van der Waals surface area contributed by atoms with E-state index in [0.29, 0.717) is 6.61 Å². The Morgan fingerprint density at radius 2 is 2.07 bits per heavy atom. The zero-order valence-electron chi connectivity index (χ0n) is 8.13. The number of rotatable bonds is 2. The highest BCUT2D eigenvalue weighted by Crippen LogP contribution is 2.34. The molecule has 76 valence electrons. The lowest BCUT2D eigenvalue weighted by Crippen LogP contribution is -2.28. The third-order valence-electron chi connectivity index (χ3n) is 2.75. The first-order valence-electron chi connectivity index (χ1n) is 4.66. The first-order chi connectivity index (χ1) is 6.77. The summed E-state index contributed by atoms with van der Waals surface area (Å²) in [5.41, 5.74) is 0.974. The molecule has 1 unspecified atom stereocenters. The van der Waals surface area contributed by atoms with Crippen molar-refractivity contribution in [2.75, 3.05) is 20.3 Å². The second-order valence-electron chi connectivity index (χ2n) is 3.51. The molecule has 0 bridgehead atoms. The maximum absolute atomic E-state index is 5.58. The summed E-state index contributed by atoms with van der Waals surface area (Å²) in [5, 5.41) is 0. The molecule has 0 amide bonds. The highest BCUT2D eigenvalue weighted by atomic mass is 79.9. The summed E-state index contributed by atoms with van der Waals surface area (Å²) in [4.78, 5) is 0. The van der Waals surface area contributed by atoms with Crippen LogP contribution in [0.4, 0.5) is 0 Å². The standard InChI is InChI=1S/C11H13BrO2/c1-13-11(6-7-14-8-11)9-2-4-10(12)5-3-9/h2-5H,6-8H2,1H3. The average molecular weight is 257 g/mol. The summed E-state index contributed by atoms with van der Waals surface area (Å²) < 4.78 is 12.1. The Morgan fingerprint density at radius 3 is 2.57 bits per heavy atom. The normalized spacial score (nSPS) is 26.7. The van der Waals surface area contributed by atoms with Gasteiger partial charge < -0.3 is 9.47 Å². The zero-order valence-corrected chi connectivity index (χ0v) is 9.71. The van der Waals surface area contributed by atoms with Crippen LogP contribution in [-0.2, 0) is 15.1 Å². The maximum Gasteiger partial charge on any atom is 0.118 e. The van der Waals surface area contributed by atoms with Crippen LogP contribution in [0.15, 0.2) is 28.7 Å². The first-order valence-corrected chi connectivity index (χ1v) is 5.45. The molecule has 2 rings (SSSR count). The van der Waals surface area contributed by atoms with Crippen molar-refractivity contribution in [3.8, 4) is 0 Å². The number of halogens is 1. The molecule has 1 atom stereocenters. The van der Waals surface area contributed by atoms with Crippen molar-refractivity contribution in [2.45, 2.75) is 12.0 Å². The van der Waals surface area contributed by atoms with E-state index in [0.717, 1.165) is 17.5 Å². The number of hydrogen-bond acceptors (Lipinski definition) is 2. The monoisotopic (exact) mass is 256 g/mol. The van der Waals surface area contributed by atoms with Crippen LogP contribution in [0, 0.1) is 0 Å². The number of ether oxygens (including phenoxy) is 2. The van der Waals surface area contributed by atoms with Crippen molar-refractivity contribution >= 4 is 15.9 Å². The fourth-order valence-electron chi connectivity index (χ4n) is 1.81. The highest BCUT2D eigenvalue weighted by Gasteiger charge is 2.36. The Kier molecular flexibility index (Phi) is 2.91. The minimum absolute atomic E-state index is 0.222. The van der Waals surface area contributed by atoms with Gasteiger partial charge in [0.25, 0.3) is 0 Å². The maximum atomic E-state index is 5.58. The van der Waals surface area contributed by atoms with Crippen molar-refractivity contribution in [3.63, 3.8) is 0 Å². The van der Waals surface area contributed by atoms with Crippen molar-refractivity contribution < 1.29 is 9.47 Å². The molecule has 0 spiro atoms. The third kappa shape index (κ3) is 1.72. The molecule has 1 aliphatic heterocycles.